The summed E-state index contributed by atoms with van der Waals surface area (Å²) in [7, 11) is 0. The van der Waals surface area contributed by atoms with Crippen LogP contribution in [0, 0.1) is 6.92 Å². The number of hydrogen-bond donors (Lipinski definition) is 2. The average molecular weight is 353 g/mol. The number of pyridine rings is 1. The highest BCUT2D eigenvalue weighted by molar-refractivity contribution is 5.96. The van der Waals surface area contributed by atoms with E-state index in [1.54, 1.807) is 43.5 Å². The predicted octanol–water partition coefficient (Wildman–Crippen LogP) is 2.36. The number of amides is 1. The quantitative estimate of drug-likeness (QED) is 0.731. The highest BCUT2D eigenvalue weighted by Crippen LogP contribution is 2.22. The molecule has 0 aliphatic carbocycles. The van der Waals surface area contributed by atoms with E-state index in [4.69, 9.17) is 14.9 Å². The fraction of sp³-hybridized carbons (Fsp3) is 0.211. The molecule has 0 radical (unpaired) electrons. The molecule has 0 unspecified atom stereocenters. The van der Waals surface area contributed by atoms with Crippen molar-refractivity contribution in [3.63, 3.8) is 0 Å². The zero-order chi connectivity index (χ0) is 18.7. The van der Waals surface area contributed by atoms with E-state index in [0.717, 1.165) is 5.75 Å². The van der Waals surface area contributed by atoms with Gasteiger partial charge in [-0.1, -0.05) is 0 Å². The topological polar surface area (TPSA) is 111 Å². The summed E-state index contributed by atoms with van der Waals surface area (Å²) >= 11 is 0. The molecule has 2 heterocycles. The number of fused-ring (bicyclic) bond motifs is 1. The van der Waals surface area contributed by atoms with E-state index in [1.807, 2.05) is 6.92 Å². The lowest BCUT2D eigenvalue weighted by atomic mass is 10.1. The molecule has 2 aromatic heterocycles. The first-order chi connectivity index (χ1) is 12.5. The molecule has 1 amide bonds. The zero-order valence-electron chi connectivity index (χ0n) is 14.5. The van der Waals surface area contributed by atoms with Crippen molar-refractivity contribution in [1.82, 2.24) is 4.98 Å². The summed E-state index contributed by atoms with van der Waals surface area (Å²) in [6, 6.07) is 8.65. The molecular weight excluding hydrogens is 334 g/mol. The number of primary amides is 1. The Balaban J connectivity index is 2.22. The van der Waals surface area contributed by atoms with Crippen LogP contribution in [0.2, 0.25) is 0 Å². The molecule has 0 saturated carbocycles. The SMILES string of the molecule is CCOc1ccc(N=c2oc3c(C)ncc(CO)c3cc2C(N)=O)cc1. The largest absolute Gasteiger partial charge is 0.494 e. The number of aliphatic hydroxyl groups is 1. The number of aryl methyl sites for hydroxylation is 1. The summed E-state index contributed by atoms with van der Waals surface area (Å²) in [6.07, 6.45) is 1.54. The van der Waals surface area contributed by atoms with Crippen LogP contribution in [0.4, 0.5) is 5.69 Å². The van der Waals surface area contributed by atoms with Crippen LogP contribution in [0.25, 0.3) is 11.0 Å². The Morgan fingerprint density at radius 1 is 1.35 bits per heavy atom. The summed E-state index contributed by atoms with van der Waals surface area (Å²) in [5.41, 5.74) is 7.92. The molecule has 0 fully saturated rings. The van der Waals surface area contributed by atoms with Crippen LogP contribution in [0.5, 0.6) is 5.75 Å². The Morgan fingerprint density at radius 2 is 2.08 bits per heavy atom. The molecule has 134 valence electrons. The van der Waals surface area contributed by atoms with Crippen LogP contribution in [-0.4, -0.2) is 22.6 Å². The Labute approximate surface area is 149 Å². The van der Waals surface area contributed by atoms with Crippen molar-refractivity contribution in [3.05, 3.63) is 58.9 Å². The Morgan fingerprint density at radius 3 is 2.69 bits per heavy atom. The van der Waals surface area contributed by atoms with Crippen molar-refractivity contribution in [2.75, 3.05) is 6.61 Å². The fourth-order valence-electron chi connectivity index (χ4n) is 2.57. The number of ether oxygens (including phenoxy) is 1. The number of hydrogen-bond acceptors (Lipinski definition) is 6. The molecule has 0 saturated heterocycles. The van der Waals surface area contributed by atoms with Crippen LogP contribution in [-0.2, 0) is 6.61 Å². The van der Waals surface area contributed by atoms with Crippen molar-refractivity contribution in [2.45, 2.75) is 20.5 Å². The number of aliphatic hydroxyl groups excluding tert-OH is 1. The lowest BCUT2D eigenvalue weighted by molar-refractivity contribution is 0.0996. The first-order valence-corrected chi connectivity index (χ1v) is 8.14. The fourth-order valence-corrected chi connectivity index (χ4v) is 2.57. The van der Waals surface area contributed by atoms with Gasteiger partial charge in [0.25, 0.3) is 5.91 Å². The Hall–Kier alpha value is -3.19. The Kier molecular flexibility index (Phi) is 4.99. The summed E-state index contributed by atoms with van der Waals surface area (Å²) in [6.45, 7) is 4.02. The molecule has 7 heteroatoms. The van der Waals surface area contributed by atoms with Crippen molar-refractivity contribution in [3.8, 4) is 5.75 Å². The van der Waals surface area contributed by atoms with Gasteiger partial charge in [0, 0.05) is 17.1 Å². The predicted molar refractivity (Wildman–Crippen MR) is 96.0 cm³/mol. The number of nitrogens with two attached hydrogens (primary N) is 1. The van der Waals surface area contributed by atoms with Gasteiger partial charge < -0.3 is 20.0 Å². The van der Waals surface area contributed by atoms with E-state index in [1.165, 1.54) is 0 Å². The van der Waals surface area contributed by atoms with E-state index in [0.29, 0.717) is 34.5 Å². The molecule has 0 aliphatic rings. The normalized spacial score (nSPS) is 11.7. The second-order valence-electron chi connectivity index (χ2n) is 5.64. The summed E-state index contributed by atoms with van der Waals surface area (Å²) in [5, 5.41) is 10.1. The van der Waals surface area contributed by atoms with Crippen LogP contribution in [0.1, 0.15) is 28.5 Å². The van der Waals surface area contributed by atoms with Gasteiger partial charge >= 0.3 is 0 Å². The number of nitrogens with zero attached hydrogens (tertiary/aromatic N) is 2. The molecule has 0 atom stereocenters. The molecular formula is C19H19N3O4. The maximum Gasteiger partial charge on any atom is 0.254 e. The van der Waals surface area contributed by atoms with E-state index in [9.17, 15) is 9.90 Å². The minimum atomic E-state index is -0.668. The zero-order valence-corrected chi connectivity index (χ0v) is 14.5. The van der Waals surface area contributed by atoms with Gasteiger partial charge in [0.15, 0.2) is 5.58 Å². The number of carbonyl (C=O) groups is 1. The van der Waals surface area contributed by atoms with E-state index in [-0.39, 0.29) is 17.7 Å². The van der Waals surface area contributed by atoms with Crippen molar-refractivity contribution >= 4 is 22.6 Å². The third-order valence-corrected chi connectivity index (χ3v) is 3.87. The Bertz CT molecular complexity index is 1020. The third kappa shape index (κ3) is 3.43. The van der Waals surface area contributed by atoms with Gasteiger partial charge in [0.1, 0.15) is 11.3 Å². The van der Waals surface area contributed by atoms with Gasteiger partial charge in [-0.05, 0) is 44.2 Å². The lowest BCUT2D eigenvalue weighted by Crippen LogP contribution is -2.22. The second-order valence-corrected chi connectivity index (χ2v) is 5.64. The number of benzene rings is 1. The van der Waals surface area contributed by atoms with Gasteiger partial charge in [-0.2, -0.15) is 0 Å². The molecule has 0 spiro atoms. The van der Waals surface area contributed by atoms with Crippen molar-refractivity contribution in [1.29, 1.82) is 0 Å². The van der Waals surface area contributed by atoms with E-state index in [2.05, 4.69) is 9.98 Å². The van der Waals surface area contributed by atoms with Gasteiger partial charge in [0.2, 0.25) is 5.55 Å². The van der Waals surface area contributed by atoms with Crippen molar-refractivity contribution < 1.29 is 19.1 Å². The van der Waals surface area contributed by atoms with Crippen LogP contribution in [0.15, 0.2) is 45.9 Å². The van der Waals surface area contributed by atoms with E-state index >= 15 is 0 Å². The third-order valence-electron chi connectivity index (χ3n) is 3.87. The molecule has 3 aromatic rings. The first-order valence-electron chi connectivity index (χ1n) is 8.14. The maximum absolute atomic E-state index is 11.9. The molecule has 0 bridgehead atoms. The van der Waals surface area contributed by atoms with Crippen LogP contribution in [0.3, 0.4) is 0 Å². The van der Waals surface area contributed by atoms with E-state index < -0.39 is 5.91 Å². The number of rotatable bonds is 5. The minimum absolute atomic E-state index is 0.0918. The molecule has 26 heavy (non-hydrogen) atoms. The molecule has 0 aliphatic heterocycles. The second kappa shape index (κ2) is 7.37. The highest BCUT2D eigenvalue weighted by Gasteiger charge is 2.14. The van der Waals surface area contributed by atoms with Gasteiger partial charge in [-0.15, -0.1) is 0 Å². The molecule has 7 nitrogen and oxygen atoms in total. The standard InChI is InChI=1S/C19H19N3O4/c1-3-25-14-6-4-13(5-7-14)22-19-16(18(20)24)8-15-12(10-23)9-21-11(2)17(15)26-19/h4-9,23H,3,10H2,1-2H3,(H2,20,24). The number of carbonyl (C=O) groups excluding carboxylic acids is 1. The van der Waals surface area contributed by atoms with Crippen molar-refractivity contribution in [2.24, 2.45) is 10.7 Å². The first kappa shape index (κ1) is 17.6. The molecule has 3 N–H and O–H groups in total. The van der Waals surface area contributed by atoms with Gasteiger partial charge in [0.05, 0.1) is 24.6 Å². The summed E-state index contributed by atoms with van der Waals surface area (Å²) in [5.74, 6) is 0.0587. The maximum atomic E-state index is 11.9. The lowest BCUT2D eigenvalue weighted by Gasteiger charge is -2.07. The van der Waals surface area contributed by atoms with Crippen LogP contribution < -0.4 is 16.0 Å². The molecule has 1 aromatic carbocycles. The monoisotopic (exact) mass is 353 g/mol. The van der Waals surface area contributed by atoms with Gasteiger partial charge in [-0.25, -0.2) is 4.99 Å². The van der Waals surface area contributed by atoms with Crippen LogP contribution >= 0.6 is 0 Å². The summed E-state index contributed by atoms with van der Waals surface area (Å²) < 4.78 is 11.2. The highest BCUT2D eigenvalue weighted by atomic mass is 16.5. The average Bonchev–Trinajstić information content (AvgIpc) is 2.64. The minimum Gasteiger partial charge on any atom is -0.494 e. The van der Waals surface area contributed by atoms with Gasteiger partial charge in [-0.3, -0.25) is 9.78 Å². The smallest absolute Gasteiger partial charge is 0.254 e. The number of aromatic nitrogens is 1. The summed E-state index contributed by atoms with van der Waals surface area (Å²) in [4.78, 5) is 20.5. The molecule has 3 rings (SSSR count).